The quantitative estimate of drug-likeness (QED) is 0.0919. The van der Waals surface area contributed by atoms with Crippen LogP contribution in [0.4, 0.5) is 5.13 Å². The van der Waals surface area contributed by atoms with Gasteiger partial charge in [0, 0.05) is 29.5 Å². The number of amides is 2. The molecule has 0 bridgehead atoms. The van der Waals surface area contributed by atoms with Crippen molar-refractivity contribution < 1.29 is 101 Å². The zero-order chi connectivity index (χ0) is 26.9. The van der Waals surface area contributed by atoms with E-state index in [1.807, 2.05) is 0 Å². The molecule has 2 aliphatic rings. The Morgan fingerprint density at radius 1 is 1.31 bits per heavy atom. The van der Waals surface area contributed by atoms with Crippen LogP contribution < -0.4 is 70.2 Å². The molecule has 2 aromatic rings. The molecule has 39 heavy (non-hydrogen) atoms. The summed E-state index contributed by atoms with van der Waals surface area (Å²) in [6, 6.07) is 5.31. The molecule has 2 amide bonds. The number of ether oxygens (including phenoxy) is 1. The molecule has 4 rings (SSSR count). The van der Waals surface area contributed by atoms with Crippen molar-refractivity contribution in [1.29, 1.82) is 0 Å². The molecule has 5 N–H and O–H groups in total. The fourth-order valence-electron chi connectivity index (χ4n) is 3.92. The number of carbonyl (C=O) groups is 5. The Labute approximate surface area is 282 Å². The Morgan fingerprint density at radius 3 is 2.59 bits per heavy atom. The van der Waals surface area contributed by atoms with Gasteiger partial charge in [0.1, 0.15) is 28.7 Å². The third kappa shape index (κ3) is 7.32. The van der Waals surface area contributed by atoms with Gasteiger partial charge in [0.25, 0.3) is 0 Å². The van der Waals surface area contributed by atoms with E-state index in [0.29, 0.717) is 10.6 Å². The Kier molecular flexibility index (Phi) is 12.2. The van der Waals surface area contributed by atoms with Gasteiger partial charge in [0.05, 0.1) is 11.3 Å². The van der Waals surface area contributed by atoms with Crippen molar-refractivity contribution in [2.45, 2.75) is 28.5 Å². The summed E-state index contributed by atoms with van der Waals surface area (Å²) in [4.78, 5) is 67.0. The van der Waals surface area contributed by atoms with Crippen molar-refractivity contribution in [1.82, 2.24) is 15.2 Å². The molecule has 200 valence electrons. The average molecular weight is 615 g/mol. The number of β-lactam (4-membered cyclic amide) rings is 1. The summed E-state index contributed by atoms with van der Waals surface area (Å²) in [6.07, 6.45) is 0. The van der Waals surface area contributed by atoms with E-state index in [9.17, 15) is 34.2 Å². The van der Waals surface area contributed by atoms with Gasteiger partial charge in [-0.2, -0.15) is 0 Å². The second-order valence-electron chi connectivity index (χ2n) is 8.43. The van der Waals surface area contributed by atoms with E-state index in [-0.39, 0.29) is 91.6 Å². The molecule has 1 aromatic heterocycles. The number of hydrogen-bond donors (Lipinski definition) is 4. The smallest absolute Gasteiger partial charge is 1.00 e. The first-order valence-electron chi connectivity index (χ1n) is 10.8. The van der Waals surface area contributed by atoms with Gasteiger partial charge in [-0.1, -0.05) is 12.1 Å². The molecule has 17 heteroatoms. The maximum atomic E-state index is 13.4. The number of aromatic nitrogens is 1. The van der Waals surface area contributed by atoms with E-state index in [1.54, 1.807) is 23.6 Å². The number of anilines is 1. The molecule has 2 fully saturated rings. The minimum Gasteiger partial charge on any atom is -1.00 e. The molecule has 0 radical (unpaired) electrons. The van der Waals surface area contributed by atoms with Gasteiger partial charge in [-0.3, -0.25) is 19.2 Å². The molecule has 3 unspecified atom stereocenters. The number of carboxylic acid groups (broad SMARTS) is 2. The van der Waals surface area contributed by atoms with Crippen molar-refractivity contribution in [2.24, 2.45) is 5.41 Å². The third-order valence-corrected chi connectivity index (χ3v) is 9.44. The summed E-state index contributed by atoms with van der Waals surface area (Å²) in [6.45, 7) is 0.643. The number of aliphatic carboxylic acids is 1. The molecule has 4 atom stereocenters. The molecule has 1 aromatic carbocycles. The molecule has 2 saturated heterocycles. The van der Waals surface area contributed by atoms with Crippen LogP contribution in [0.3, 0.4) is 0 Å². The van der Waals surface area contributed by atoms with Crippen molar-refractivity contribution in [3.8, 4) is 0 Å². The van der Waals surface area contributed by atoms with Crippen LogP contribution in [-0.4, -0.2) is 80.1 Å². The summed E-state index contributed by atoms with van der Waals surface area (Å²) in [7, 11) is 0. The van der Waals surface area contributed by atoms with Crippen molar-refractivity contribution >= 4 is 69.7 Å². The van der Waals surface area contributed by atoms with Crippen LogP contribution in [0.15, 0.2) is 34.5 Å². The second-order valence-corrected chi connectivity index (χ2v) is 11.6. The van der Waals surface area contributed by atoms with E-state index in [1.165, 1.54) is 29.7 Å². The number of carboxylic acids is 2. The summed E-state index contributed by atoms with van der Waals surface area (Å²) in [5, 5.41) is 22.3. The molecular formula is C22H24N4Na2O8S3. The number of rotatable bonds is 9. The Morgan fingerprint density at radius 2 is 2.00 bits per heavy atom. The maximum absolute atomic E-state index is 13.4. The molecule has 0 aliphatic carbocycles. The van der Waals surface area contributed by atoms with Gasteiger partial charge in [0.2, 0.25) is 11.8 Å². The van der Waals surface area contributed by atoms with Crippen LogP contribution in [0.5, 0.6) is 0 Å². The fraction of sp³-hybridized carbons (Fsp3) is 0.364. The SMILES string of the molecule is CC(=O)OCC1(C(=O)O)CS[C@@H]2C(NC(=O)C(Sc3ccccc3C(=O)O)c3csc(N)n3)C(=O)N2C1.[H-].[H-].[Na+].[Na+]. The first kappa shape index (κ1) is 33.9. The van der Waals surface area contributed by atoms with Gasteiger partial charge in [-0.25, -0.2) is 9.78 Å². The molecular weight excluding hydrogens is 590 g/mol. The maximum Gasteiger partial charge on any atom is 1.00 e. The van der Waals surface area contributed by atoms with Crippen molar-refractivity contribution in [3.63, 3.8) is 0 Å². The molecule has 0 saturated carbocycles. The van der Waals surface area contributed by atoms with E-state index in [4.69, 9.17) is 10.5 Å². The number of nitrogens with one attached hydrogen (secondary N) is 1. The van der Waals surface area contributed by atoms with Crippen LogP contribution in [0.2, 0.25) is 0 Å². The predicted octanol–water partition coefficient (Wildman–Crippen LogP) is -4.48. The molecule has 3 heterocycles. The number of nitrogen functional groups attached to an aromatic ring is 1. The number of benzene rings is 1. The van der Waals surface area contributed by atoms with Crippen LogP contribution in [0.25, 0.3) is 0 Å². The average Bonchev–Trinajstić information content (AvgIpc) is 3.29. The number of hydrogen-bond acceptors (Lipinski definition) is 11. The van der Waals surface area contributed by atoms with Gasteiger partial charge in [-0.05, 0) is 12.1 Å². The number of fused-ring (bicyclic) bond motifs is 1. The number of thioether (sulfide) groups is 2. The number of nitrogens with two attached hydrogens (primary N) is 1. The number of carbonyl (C=O) groups excluding carboxylic acids is 3. The Balaban J connectivity index is 0.00000400. The number of esters is 1. The van der Waals surface area contributed by atoms with Gasteiger partial charge in [0.15, 0.2) is 5.13 Å². The summed E-state index contributed by atoms with van der Waals surface area (Å²) in [5.74, 6) is -3.92. The van der Waals surface area contributed by atoms with Gasteiger partial charge < -0.3 is 33.8 Å². The van der Waals surface area contributed by atoms with E-state index in [2.05, 4.69) is 10.3 Å². The first-order valence-corrected chi connectivity index (χ1v) is 13.6. The summed E-state index contributed by atoms with van der Waals surface area (Å²) in [5.41, 5.74) is 4.64. The van der Waals surface area contributed by atoms with E-state index in [0.717, 1.165) is 23.1 Å². The summed E-state index contributed by atoms with van der Waals surface area (Å²) >= 11 is 3.28. The van der Waals surface area contributed by atoms with Crippen LogP contribution in [0.1, 0.15) is 31.1 Å². The zero-order valence-corrected chi connectivity index (χ0v) is 27.7. The number of nitrogens with zero attached hydrogens (tertiary/aromatic N) is 2. The van der Waals surface area contributed by atoms with E-state index >= 15 is 0 Å². The number of aromatic carboxylic acids is 1. The first-order chi connectivity index (χ1) is 17.5. The minimum atomic E-state index is -1.45. The van der Waals surface area contributed by atoms with Crippen molar-refractivity contribution in [3.05, 3.63) is 40.9 Å². The standard InChI is InChI=1S/C22H22N4O8S3.2Na.2H/c1-10(27)34-8-22(20(32)33)7-26-17(29)14(18(26)36-9-22)25-16(28)15(12-6-35-21(23)24-12)37-13-5-3-2-4-11(13)19(30)31;;;;/h2-6,14-15,18H,7-9H2,1H3,(H2,23,24)(H,25,28)(H,30,31)(H,32,33);;;;/q;2*+1;2*-1/t14?,15?,18-,22?;;;;/m1..../s1. The largest absolute Gasteiger partial charge is 1.00 e. The summed E-state index contributed by atoms with van der Waals surface area (Å²) < 4.78 is 4.94. The predicted molar refractivity (Wildman–Crippen MR) is 137 cm³/mol. The minimum absolute atomic E-state index is 0. The van der Waals surface area contributed by atoms with Gasteiger partial charge in [-0.15, -0.1) is 34.9 Å². The van der Waals surface area contributed by atoms with Gasteiger partial charge >= 0.3 is 77.0 Å². The third-order valence-electron chi connectivity index (χ3n) is 5.86. The topological polar surface area (TPSA) is 189 Å². The van der Waals surface area contributed by atoms with Crippen molar-refractivity contribution in [2.75, 3.05) is 24.6 Å². The monoisotopic (exact) mass is 614 g/mol. The van der Waals surface area contributed by atoms with Crippen LogP contribution in [0, 0.1) is 5.41 Å². The van der Waals surface area contributed by atoms with E-state index < -0.39 is 51.8 Å². The Hall–Kier alpha value is -1.30. The number of thiazole rings is 1. The van der Waals surface area contributed by atoms with Crippen LogP contribution in [-0.2, 0) is 23.9 Å². The Bertz CT molecular complexity index is 1290. The second kappa shape index (κ2) is 14.0. The fourth-order valence-corrected chi connectivity index (χ4v) is 7.22. The molecule has 0 spiro atoms. The molecule has 12 nitrogen and oxygen atoms in total. The molecule has 2 aliphatic heterocycles. The normalized spacial score (nSPS) is 22.2. The van der Waals surface area contributed by atoms with Crippen LogP contribution >= 0.6 is 34.9 Å². The zero-order valence-electron chi connectivity index (χ0n) is 23.3.